The van der Waals surface area contributed by atoms with E-state index in [1.807, 2.05) is 20.8 Å². The van der Waals surface area contributed by atoms with Crippen molar-refractivity contribution in [1.82, 2.24) is 9.62 Å². The smallest absolute Gasteiger partial charge is 0.0976 e. The minimum absolute atomic E-state index is 0.0739. The molecule has 0 saturated carbocycles. The normalized spacial score (nSPS) is 14.8. The zero-order valence-electron chi connectivity index (χ0n) is 15.4. The molecule has 0 saturated heterocycles. The Balaban J connectivity index is 2.21. The summed E-state index contributed by atoms with van der Waals surface area (Å²) in [7, 11) is 3.11. The number of rotatable bonds is 6. The zero-order valence-corrected chi connectivity index (χ0v) is 17.1. The highest BCUT2D eigenvalue weighted by Crippen LogP contribution is 2.34. The summed E-state index contributed by atoms with van der Waals surface area (Å²) in [6.07, 6.45) is 0. The molecule has 1 aromatic heterocycles. The van der Waals surface area contributed by atoms with Gasteiger partial charge in [-0.25, -0.2) is 8.93 Å². The van der Waals surface area contributed by atoms with Gasteiger partial charge in [-0.3, -0.25) is 0 Å². The van der Waals surface area contributed by atoms with Gasteiger partial charge in [-0.2, -0.15) is 0 Å². The molecule has 132 valence electrons. The van der Waals surface area contributed by atoms with Crippen LogP contribution in [0.25, 0.3) is 10.4 Å². The molecule has 0 aliphatic carbocycles. The van der Waals surface area contributed by atoms with Crippen molar-refractivity contribution >= 4 is 22.3 Å². The first-order valence-electron chi connectivity index (χ1n) is 8.19. The Morgan fingerprint density at radius 3 is 2.46 bits per heavy atom. The fourth-order valence-electron chi connectivity index (χ4n) is 2.36. The second-order valence-electron chi connectivity index (χ2n) is 7.32. The third-order valence-electron chi connectivity index (χ3n) is 3.66. The number of hydrogen-bond acceptors (Lipinski definition) is 3. The molecule has 0 amide bonds. The number of nitrogens with one attached hydrogen (secondary N) is 1. The molecule has 0 bridgehead atoms. The maximum absolute atomic E-state index is 12.3. The molecule has 0 spiro atoms. The SMILES string of the molecule is CC(NS(=O)C(C)(C)C)c1ccc(-c2ccccc2CN(C)C)s1. The highest BCUT2D eigenvalue weighted by molar-refractivity contribution is 7.84. The quantitative estimate of drug-likeness (QED) is 0.813. The Morgan fingerprint density at radius 1 is 1.17 bits per heavy atom. The Bertz CT molecular complexity index is 701. The molecule has 3 nitrogen and oxygen atoms in total. The molecule has 5 heteroatoms. The average molecular weight is 365 g/mol. The monoisotopic (exact) mass is 364 g/mol. The molecule has 1 N–H and O–H groups in total. The van der Waals surface area contributed by atoms with Crippen molar-refractivity contribution < 1.29 is 4.21 Å². The van der Waals surface area contributed by atoms with Crippen LogP contribution in [0.1, 0.15) is 44.2 Å². The first-order valence-corrected chi connectivity index (χ1v) is 10.2. The molecule has 24 heavy (non-hydrogen) atoms. The van der Waals surface area contributed by atoms with E-state index >= 15 is 0 Å². The fourth-order valence-corrected chi connectivity index (χ4v) is 4.31. The topological polar surface area (TPSA) is 32.3 Å². The van der Waals surface area contributed by atoms with Gasteiger partial charge in [0.1, 0.15) is 0 Å². The zero-order chi connectivity index (χ0) is 17.9. The van der Waals surface area contributed by atoms with Crippen LogP contribution in [-0.4, -0.2) is 28.0 Å². The van der Waals surface area contributed by atoms with E-state index < -0.39 is 11.0 Å². The number of thiophene rings is 1. The van der Waals surface area contributed by atoms with E-state index in [9.17, 15) is 4.21 Å². The molecule has 1 aromatic carbocycles. The largest absolute Gasteiger partial charge is 0.305 e. The summed E-state index contributed by atoms with van der Waals surface area (Å²) in [5.41, 5.74) is 2.61. The van der Waals surface area contributed by atoms with E-state index in [-0.39, 0.29) is 10.8 Å². The molecule has 0 fully saturated rings. The highest BCUT2D eigenvalue weighted by atomic mass is 32.2. The van der Waals surface area contributed by atoms with Crippen molar-refractivity contribution in [3.63, 3.8) is 0 Å². The van der Waals surface area contributed by atoms with Crippen molar-refractivity contribution in [3.8, 4) is 10.4 Å². The third-order valence-corrected chi connectivity index (χ3v) is 6.64. The van der Waals surface area contributed by atoms with Crippen molar-refractivity contribution in [2.45, 2.75) is 45.0 Å². The van der Waals surface area contributed by atoms with Gasteiger partial charge in [0.05, 0.1) is 21.8 Å². The third kappa shape index (κ3) is 4.99. The van der Waals surface area contributed by atoms with Crippen molar-refractivity contribution in [2.75, 3.05) is 14.1 Å². The fraction of sp³-hybridized carbons (Fsp3) is 0.474. The van der Waals surface area contributed by atoms with Crippen LogP contribution in [0, 0.1) is 0 Å². The lowest BCUT2D eigenvalue weighted by Crippen LogP contribution is -2.34. The minimum atomic E-state index is -1.07. The van der Waals surface area contributed by atoms with E-state index in [1.165, 1.54) is 20.9 Å². The van der Waals surface area contributed by atoms with Gasteiger partial charge in [0.15, 0.2) is 0 Å². The van der Waals surface area contributed by atoms with Crippen LogP contribution >= 0.6 is 11.3 Å². The Hall–Kier alpha value is -1.01. The van der Waals surface area contributed by atoms with Gasteiger partial charge in [-0.05, 0) is 65.0 Å². The average Bonchev–Trinajstić information content (AvgIpc) is 2.96. The molecule has 0 aliphatic rings. The second kappa shape index (κ2) is 7.91. The lowest BCUT2D eigenvalue weighted by Gasteiger charge is -2.21. The molecule has 0 aliphatic heterocycles. The number of nitrogens with zero attached hydrogens (tertiary/aromatic N) is 1. The van der Waals surface area contributed by atoms with Crippen LogP contribution in [0.5, 0.6) is 0 Å². The predicted molar refractivity (Wildman–Crippen MR) is 107 cm³/mol. The van der Waals surface area contributed by atoms with Crippen LogP contribution in [0.15, 0.2) is 36.4 Å². The summed E-state index contributed by atoms with van der Waals surface area (Å²) in [4.78, 5) is 4.66. The van der Waals surface area contributed by atoms with Gasteiger partial charge < -0.3 is 4.90 Å². The van der Waals surface area contributed by atoms with Crippen molar-refractivity contribution in [3.05, 3.63) is 46.8 Å². The summed E-state index contributed by atoms with van der Waals surface area (Å²) < 4.78 is 15.3. The van der Waals surface area contributed by atoms with Gasteiger partial charge in [-0.15, -0.1) is 11.3 Å². The van der Waals surface area contributed by atoms with E-state index in [4.69, 9.17) is 0 Å². The maximum atomic E-state index is 12.3. The molecular formula is C19H28N2OS2. The molecule has 1 heterocycles. The van der Waals surface area contributed by atoms with Crippen LogP contribution in [0.2, 0.25) is 0 Å². The van der Waals surface area contributed by atoms with Crippen molar-refractivity contribution in [1.29, 1.82) is 0 Å². The Kier molecular flexibility index (Phi) is 6.37. The van der Waals surface area contributed by atoms with Gasteiger partial charge in [0.25, 0.3) is 0 Å². The molecule has 2 aromatic rings. The first kappa shape index (κ1) is 19.3. The summed E-state index contributed by atoms with van der Waals surface area (Å²) in [5.74, 6) is 0. The molecule has 2 unspecified atom stereocenters. The van der Waals surface area contributed by atoms with Crippen LogP contribution < -0.4 is 4.72 Å². The van der Waals surface area contributed by atoms with E-state index in [0.717, 1.165) is 6.54 Å². The van der Waals surface area contributed by atoms with Crippen molar-refractivity contribution in [2.24, 2.45) is 0 Å². The summed E-state index contributed by atoms with van der Waals surface area (Å²) >= 11 is 1.77. The van der Waals surface area contributed by atoms with E-state index in [0.29, 0.717) is 0 Å². The van der Waals surface area contributed by atoms with Gasteiger partial charge in [0, 0.05) is 16.3 Å². The van der Waals surface area contributed by atoms with Crippen LogP contribution in [0.4, 0.5) is 0 Å². The molecule has 2 atom stereocenters. The second-order valence-corrected chi connectivity index (χ2v) is 10.4. The number of hydrogen-bond donors (Lipinski definition) is 1. The van der Waals surface area contributed by atoms with E-state index in [1.54, 1.807) is 11.3 Å². The molecular weight excluding hydrogens is 336 g/mol. The van der Waals surface area contributed by atoms with Gasteiger partial charge in [-0.1, -0.05) is 24.3 Å². The summed E-state index contributed by atoms with van der Waals surface area (Å²) in [5, 5.41) is 0. The first-order chi connectivity index (χ1) is 11.2. The minimum Gasteiger partial charge on any atom is -0.305 e. The highest BCUT2D eigenvalue weighted by Gasteiger charge is 2.22. The molecule has 2 rings (SSSR count). The van der Waals surface area contributed by atoms with Crippen LogP contribution in [-0.2, 0) is 17.5 Å². The summed E-state index contributed by atoms with van der Waals surface area (Å²) in [6, 6.07) is 12.9. The lowest BCUT2D eigenvalue weighted by atomic mass is 10.1. The maximum Gasteiger partial charge on any atom is 0.0976 e. The molecule has 0 radical (unpaired) electrons. The lowest BCUT2D eigenvalue weighted by molar-refractivity contribution is 0.403. The standard InChI is InChI=1S/C19H28N2OS2/c1-14(20-24(22)19(2,3)4)17-11-12-18(23-17)16-10-8-7-9-15(16)13-21(5)6/h7-12,14,20H,13H2,1-6H3. The van der Waals surface area contributed by atoms with Gasteiger partial charge >= 0.3 is 0 Å². The number of benzene rings is 1. The Labute approximate surface area is 152 Å². The Morgan fingerprint density at radius 2 is 1.83 bits per heavy atom. The predicted octanol–water partition coefficient (Wildman–Crippen LogP) is 4.59. The summed E-state index contributed by atoms with van der Waals surface area (Å²) in [6.45, 7) is 8.96. The van der Waals surface area contributed by atoms with E-state index in [2.05, 4.69) is 67.0 Å². The van der Waals surface area contributed by atoms with Gasteiger partial charge in [0.2, 0.25) is 0 Å². The van der Waals surface area contributed by atoms with Crippen LogP contribution in [0.3, 0.4) is 0 Å².